The largest absolute Gasteiger partial charge is 0.369 e. The van der Waals surface area contributed by atoms with E-state index in [9.17, 15) is 4.79 Å². The van der Waals surface area contributed by atoms with Gasteiger partial charge in [-0.05, 0) is 37.3 Å². The Hall–Kier alpha value is -1.62. The first-order valence-corrected chi connectivity index (χ1v) is 8.96. The van der Waals surface area contributed by atoms with Crippen LogP contribution in [0.2, 0.25) is 0 Å². The molecule has 2 aliphatic rings. The first-order valence-electron chi connectivity index (χ1n) is 8.96. The van der Waals surface area contributed by atoms with E-state index in [4.69, 9.17) is 5.73 Å². The van der Waals surface area contributed by atoms with Gasteiger partial charge < -0.3 is 16.0 Å². The van der Waals surface area contributed by atoms with Gasteiger partial charge in [0.25, 0.3) is 0 Å². The van der Waals surface area contributed by atoms with Crippen LogP contribution >= 0.6 is 0 Å². The third kappa shape index (κ3) is 4.22. The van der Waals surface area contributed by atoms with Crippen molar-refractivity contribution >= 4 is 11.7 Å². The second-order valence-corrected chi connectivity index (χ2v) is 6.85. The molecule has 2 heterocycles. The van der Waals surface area contributed by atoms with Crippen molar-refractivity contribution in [1.29, 1.82) is 0 Å². The molecule has 1 saturated carbocycles. The second kappa shape index (κ2) is 7.77. The number of carbonyl (C=O) groups is 1. The van der Waals surface area contributed by atoms with Crippen LogP contribution in [0.15, 0.2) is 18.3 Å². The number of amides is 1. The van der Waals surface area contributed by atoms with Crippen molar-refractivity contribution in [3.05, 3.63) is 23.9 Å². The molecule has 2 fully saturated rings. The van der Waals surface area contributed by atoms with E-state index < -0.39 is 0 Å². The molecule has 5 nitrogen and oxygen atoms in total. The molecule has 0 unspecified atom stereocenters. The van der Waals surface area contributed by atoms with Crippen LogP contribution in [0.25, 0.3) is 0 Å². The van der Waals surface area contributed by atoms with Crippen molar-refractivity contribution in [2.24, 2.45) is 11.7 Å². The first kappa shape index (κ1) is 16.2. The predicted octanol–water partition coefficient (Wildman–Crippen LogP) is 2.21. The maximum atomic E-state index is 11.7. The Kier molecular flexibility index (Phi) is 5.49. The van der Waals surface area contributed by atoms with Crippen LogP contribution < -0.4 is 16.0 Å². The molecule has 0 bridgehead atoms. The van der Waals surface area contributed by atoms with Crippen LogP contribution in [0, 0.1) is 5.92 Å². The average molecular weight is 316 g/mol. The summed E-state index contributed by atoms with van der Waals surface area (Å²) in [6.45, 7) is 2.99. The highest BCUT2D eigenvalue weighted by Gasteiger charge is 2.27. The van der Waals surface area contributed by atoms with Gasteiger partial charge in [-0.25, -0.2) is 4.98 Å². The molecule has 23 heavy (non-hydrogen) atoms. The molecule has 126 valence electrons. The third-order valence-electron chi connectivity index (χ3n) is 5.19. The monoisotopic (exact) mass is 316 g/mol. The number of anilines is 1. The number of hydrogen-bond donors (Lipinski definition) is 2. The van der Waals surface area contributed by atoms with Gasteiger partial charge >= 0.3 is 0 Å². The molecule has 5 heteroatoms. The molecule has 1 aliphatic heterocycles. The van der Waals surface area contributed by atoms with E-state index in [1.54, 1.807) is 0 Å². The summed E-state index contributed by atoms with van der Waals surface area (Å²) in [6, 6.07) is 4.46. The van der Waals surface area contributed by atoms with Gasteiger partial charge in [-0.1, -0.05) is 25.3 Å². The van der Waals surface area contributed by atoms with E-state index in [0.717, 1.165) is 44.7 Å². The summed E-state index contributed by atoms with van der Waals surface area (Å²) in [7, 11) is 0. The minimum atomic E-state index is -0.160. The van der Waals surface area contributed by atoms with Crippen molar-refractivity contribution in [3.8, 4) is 0 Å². The Bertz CT molecular complexity index is 510. The van der Waals surface area contributed by atoms with E-state index >= 15 is 0 Å². The van der Waals surface area contributed by atoms with Gasteiger partial charge in [0.1, 0.15) is 5.82 Å². The summed E-state index contributed by atoms with van der Waals surface area (Å²) in [5.74, 6) is 0.886. The van der Waals surface area contributed by atoms with Gasteiger partial charge in [0.05, 0.1) is 5.92 Å². The Morgan fingerprint density at radius 3 is 2.65 bits per heavy atom. The Balaban J connectivity index is 1.56. The van der Waals surface area contributed by atoms with E-state index in [1.165, 1.54) is 31.2 Å². The lowest BCUT2D eigenvalue weighted by Crippen LogP contribution is -2.41. The maximum absolute atomic E-state index is 11.7. The molecule has 1 aromatic rings. The van der Waals surface area contributed by atoms with Crippen molar-refractivity contribution in [3.63, 3.8) is 0 Å². The number of hydrogen-bond acceptors (Lipinski definition) is 4. The number of aromatic nitrogens is 1. The number of carbonyl (C=O) groups excluding carboxylic acids is 1. The molecular formula is C18H28N4O. The zero-order valence-electron chi connectivity index (χ0n) is 13.8. The van der Waals surface area contributed by atoms with Gasteiger partial charge in [-0.3, -0.25) is 4.79 Å². The van der Waals surface area contributed by atoms with E-state index in [0.29, 0.717) is 0 Å². The number of nitrogens with zero attached hydrogens (tertiary/aromatic N) is 2. The molecule has 1 aliphatic carbocycles. The van der Waals surface area contributed by atoms with Crippen molar-refractivity contribution in [1.82, 2.24) is 10.3 Å². The molecule has 2 atom stereocenters. The summed E-state index contributed by atoms with van der Waals surface area (Å²) in [4.78, 5) is 18.6. The fourth-order valence-corrected chi connectivity index (χ4v) is 3.80. The van der Waals surface area contributed by atoms with Crippen LogP contribution in [0.1, 0.15) is 50.5 Å². The van der Waals surface area contributed by atoms with Gasteiger partial charge in [0.15, 0.2) is 0 Å². The molecule has 1 amide bonds. The van der Waals surface area contributed by atoms with Crippen LogP contribution in [0.4, 0.5) is 5.82 Å². The zero-order chi connectivity index (χ0) is 16.1. The van der Waals surface area contributed by atoms with Crippen molar-refractivity contribution < 1.29 is 4.79 Å². The highest BCUT2D eigenvalue weighted by molar-refractivity contribution is 5.77. The smallest absolute Gasteiger partial charge is 0.222 e. The topological polar surface area (TPSA) is 71.2 Å². The quantitative estimate of drug-likeness (QED) is 0.817. The normalized spacial score (nSPS) is 25.3. The second-order valence-electron chi connectivity index (χ2n) is 6.85. The maximum Gasteiger partial charge on any atom is 0.222 e. The fourth-order valence-electron chi connectivity index (χ4n) is 3.80. The van der Waals surface area contributed by atoms with E-state index in [1.807, 2.05) is 6.20 Å². The van der Waals surface area contributed by atoms with Gasteiger partial charge in [0.2, 0.25) is 5.91 Å². The fraction of sp³-hybridized carbons (Fsp3) is 0.667. The van der Waals surface area contributed by atoms with Crippen molar-refractivity contribution in [2.75, 3.05) is 18.0 Å². The number of nitrogens with one attached hydrogen (secondary N) is 1. The molecule has 0 spiro atoms. The molecular weight excluding hydrogens is 288 g/mol. The average Bonchev–Trinajstić information content (AvgIpc) is 2.99. The molecule has 3 N–H and O–H groups in total. The van der Waals surface area contributed by atoms with Crippen molar-refractivity contribution in [2.45, 2.75) is 57.5 Å². The molecule has 0 aromatic carbocycles. The highest BCUT2D eigenvalue weighted by atomic mass is 16.1. The Morgan fingerprint density at radius 2 is 1.96 bits per heavy atom. The summed E-state index contributed by atoms with van der Waals surface area (Å²) >= 11 is 0. The Labute approximate surface area is 138 Å². The number of primary amides is 1. The summed E-state index contributed by atoms with van der Waals surface area (Å²) < 4.78 is 0. The first-order chi connectivity index (χ1) is 11.2. The summed E-state index contributed by atoms with van der Waals surface area (Å²) in [6.07, 6.45) is 9.92. The zero-order valence-corrected chi connectivity index (χ0v) is 13.8. The molecule has 1 saturated heterocycles. The van der Waals surface area contributed by atoms with Crippen LogP contribution in [-0.2, 0) is 11.3 Å². The lowest BCUT2D eigenvalue weighted by atomic mass is 9.94. The van der Waals surface area contributed by atoms with E-state index in [-0.39, 0.29) is 17.9 Å². The predicted molar refractivity (Wildman–Crippen MR) is 92.1 cm³/mol. The number of rotatable bonds is 5. The minimum absolute atomic E-state index is 0.0330. The standard InChI is InChI=1S/C18H28N4O/c19-18(23)15-6-2-1-3-7-16(15)20-12-14-8-9-17(21-13-14)22-10-4-5-11-22/h8-9,13,15-16,20H,1-7,10-12H2,(H2,19,23)/t15-,16-/m0/s1. The summed E-state index contributed by atoms with van der Waals surface area (Å²) in [5, 5.41) is 3.54. The van der Waals surface area contributed by atoms with Crippen LogP contribution in [0.3, 0.4) is 0 Å². The lowest BCUT2D eigenvalue weighted by Gasteiger charge is -2.24. The molecule has 0 radical (unpaired) electrons. The summed E-state index contributed by atoms with van der Waals surface area (Å²) in [5.41, 5.74) is 6.76. The highest BCUT2D eigenvalue weighted by Crippen LogP contribution is 2.24. The molecule has 3 rings (SSSR count). The van der Waals surface area contributed by atoms with Crippen LogP contribution in [-0.4, -0.2) is 30.0 Å². The molecule has 1 aromatic heterocycles. The third-order valence-corrected chi connectivity index (χ3v) is 5.19. The van der Waals surface area contributed by atoms with E-state index in [2.05, 4.69) is 27.3 Å². The van der Waals surface area contributed by atoms with Gasteiger partial charge in [-0.2, -0.15) is 0 Å². The number of nitrogens with two attached hydrogens (primary N) is 1. The lowest BCUT2D eigenvalue weighted by molar-refractivity contribution is -0.122. The van der Waals surface area contributed by atoms with Crippen LogP contribution in [0.5, 0.6) is 0 Å². The minimum Gasteiger partial charge on any atom is -0.369 e. The Morgan fingerprint density at radius 1 is 1.17 bits per heavy atom. The SMILES string of the molecule is NC(=O)[C@H]1CCCCC[C@@H]1NCc1ccc(N2CCCC2)nc1. The number of pyridine rings is 1. The van der Waals surface area contributed by atoms with Gasteiger partial charge in [0, 0.05) is 31.9 Å². The van der Waals surface area contributed by atoms with Gasteiger partial charge in [-0.15, -0.1) is 0 Å².